The van der Waals surface area contributed by atoms with Gasteiger partial charge in [-0.1, -0.05) is 54.1 Å². The maximum absolute atomic E-state index is 12.9. The Labute approximate surface area is 149 Å². The number of carbonyl (C=O) groups excluding carboxylic acids is 1. The third kappa shape index (κ3) is 2.88. The van der Waals surface area contributed by atoms with Crippen molar-refractivity contribution < 1.29 is 4.79 Å². The van der Waals surface area contributed by atoms with Crippen molar-refractivity contribution in [1.29, 1.82) is 0 Å². The van der Waals surface area contributed by atoms with E-state index in [1.54, 1.807) is 16.9 Å². The Bertz CT molecular complexity index is 1060. The highest BCUT2D eigenvalue weighted by Crippen LogP contribution is 2.28. The van der Waals surface area contributed by atoms with Gasteiger partial charge in [-0.15, -0.1) is 0 Å². The fourth-order valence-corrected chi connectivity index (χ4v) is 3.10. The number of carbonyl (C=O) groups is 1. The Hall–Kier alpha value is -3.11. The maximum Gasteiger partial charge on any atom is 0.257 e. The van der Waals surface area contributed by atoms with E-state index in [9.17, 15) is 4.79 Å². The summed E-state index contributed by atoms with van der Waals surface area (Å²) in [4.78, 5) is 12.9. The Morgan fingerprint density at radius 2 is 1.76 bits per heavy atom. The molecule has 25 heavy (non-hydrogen) atoms. The van der Waals surface area contributed by atoms with Gasteiger partial charge in [-0.3, -0.25) is 4.79 Å². The topological polar surface area (TPSA) is 46.9 Å². The van der Waals surface area contributed by atoms with Crippen molar-refractivity contribution >= 4 is 34.0 Å². The summed E-state index contributed by atoms with van der Waals surface area (Å²) in [5.74, 6) is -0.249. The Kier molecular flexibility index (Phi) is 3.96. The molecule has 1 heterocycles. The molecule has 3 aromatic carbocycles. The molecule has 1 amide bonds. The minimum absolute atomic E-state index is 0.249. The molecule has 0 spiro atoms. The highest BCUT2D eigenvalue weighted by Gasteiger charge is 2.16. The summed E-state index contributed by atoms with van der Waals surface area (Å²) in [5.41, 5.74) is 1.92. The quantitative estimate of drug-likeness (QED) is 0.571. The molecule has 0 aliphatic heterocycles. The number of amides is 1. The van der Waals surface area contributed by atoms with E-state index in [-0.39, 0.29) is 5.91 Å². The Morgan fingerprint density at radius 1 is 0.960 bits per heavy atom. The molecule has 4 aromatic rings. The third-order valence-corrected chi connectivity index (χ3v) is 4.32. The van der Waals surface area contributed by atoms with Crippen LogP contribution in [0.3, 0.4) is 0 Å². The molecule has 0 aliphatic rings. The van der Waals surface area contributed by atoms with Gasteiger partial charge in [0.15, 0.2) is 0 Å². The molecule has 1 aromatic heterocycles. The molecule has 0 radical (unpaired) electrons. The highest BCUT2D eigenvalue weighted by molar-refractivity contribution is 6.36. The number of halogens is 1. The molecule has 0 saturated heterocycles. The second kappa shape index (κ2) is 6.42. The Morgan fingerprint density at radius 3 is 2.60 bits per heavy atom. The first-order valence-corrected chi connectivity index (χ1v) is 8.19. The summed E-state index contributed by atoms with van der Waals surface area (Å²) in [5, 5.41) is 9.41. The molecular weight excluding hydrogens is 334 g/mol. The standard InChI is InChI=1S/C20H14ClN3O/c21-16-11-10-14-6-1-2-7-15(14)19(16)20(25)23-17-8-3-4-9-18(17)24-13-5-12-22-24/h1-13H,(H,23,25). The van der Waals surface area contributed by atoms with E-state index in [2.05, 4.69) is 10.4 Å². The lowest BCUT2D eigenvalue weighted by atomic mass is 10.0. The monoisotopic (exact) mass is 347 g/mol. The van der Waals surface area contributed by atoms with Crippen molar-refractivity contribution in [3.8, 4) is 5.69 Å². The molecule has 5 heteroatoms. The van der Waals surface area contributed by atoms with Gasteiger partial charge in [0.1, 0.15) is 0 Å². The van der Waals surface area contributed by atoms with Crippen molar-refractivity contribution in [3.63, 3.8) is 0 Å². The molecule has 0 saturated carbocycles. The molecule has 0 bridgehead atoms. The largest absolute Gasteiger partial charge is 0.320 e. The predicted octanol–water partition coefficient (Wildman–Crippen LogP) is 4.93. The number of aromatic nitrogens is 2. The number of hydrogen-bond acceptors (Lipinski definition) is 2. The third-order valence-electron chi connectivity index (χ3n) is 4.01. The van der Waals surface area contributed by atoms with Gasteiger partial charge >= 0.3 is 0 Å². The van der Waals surface area contributed by atoms with E-state index in [0.29, 0.717) is 16.3 Å². The van der Waals surface area contributed by atoms with Crippen LogP contribution in [0.15, 0.2) is 79.1 Å². The van der Waals surface area contributed by atoms with Gasteiger partial charge in [0.2, 0.25) is 0 Å². The molecule has 0 unspecified atom stereocenters. The fourth-order valence-electron chi connectivity index (χ4n) is 2.85. The number of rotatable bonds is 3. The Balaban J connectivity index is 1.77. The smallest absolute Gasteiger partial charge is 0.257 e. The lowest BCUT2D eigenvalue weighted by Gasteiger charge is -2.13. The second-order valence-corrected chi connectivity index (χ2v) is 5.97. The van der Waals surface area contributed by atoms with Crippen LogP contribution < -0.4 is 5.32 Å². The molecule has 0 atom stereocenters. The van der Waals surface area contributed by atoms with E-state index in [0.717, 1.165) is 16.5 Å². The first kappa shape index (κ1) is 15.4. The molecular formula is C20H14ClN3O. The van der Waals surface area contributed by atoms with E-state index < -0.39 is 0 Å². The van der Waals surface area contributed by atoms with Crippen LogP contribution in [0.5, 0.6) is 0 Å². The van der Waals surface area contributed by atoms with E-state index in [1.807, 2.05) is 66.9 Å². The number of benzene rings is 3. The molecule has 0 fully saturated rings. The SMILES string of the molecule is O=C(Nc1ccccc1-n1cccn1)c1c(Cl)ccc2ccccc12. The predicted molar refractivity (Wildman–Crippen MR) is 100 cm³/mol. The lowest BCUT2D eigenvalue weighted by molar-refractivity contribution is 0.102. The lowest BCUT2D eigenvalue weighted by Crippen LogP contribution is -2.15. The average molecular weight is 348 g/mol. The highest BCUT2D eigenvalue weighted by atomic mass is 35.5. The zero-order valence-electron chi connectivity index (χ0n) is 13.2. The van der Waals surface area contributed by atoms with Crippen LogP contribution in [-0.4, -0.2) is 15.7 Å². The van der Waals surface area contributed by atoms with Gasteiger partial charge in [0, 0.05) is 12.4 Å². The minimum Gasteiger partial charge on any atom is -0.320 e. The number of hydrogen-bond donors (Lipinski definition) is 1. The van der Waals surface area contributed by atoms with Crippen molar-refractivity contribution in [2.24, 2.45) is 0 Å². The van der Waals surface area contributed by atoms with Crippen molar-refractivity contribution in [3.05, 3.63) is 89.7 Å². The number of anilines is 1. The molecule has 4 nitrogen and oxygen atoms in total. The summed E-state index contributed by atoms with van der Waals surface area (Å²) >= 11 is 6.33. The number of fused-ring (bicyclic) bond motifs is 1. The van der Waals surface area contributed by atoms with Crippen LogP contribution in [0.2, 0.25) is 5.02 Å². The first-order chi connectivity index (χ1) is 12.2. The second-order valence-electron chi connectivity index (χ2n) is 5.57. The van der Waals surface area contributed by atoms with Gasteiger partial charge in [-0.2, -0.15) is 5.10 Å². The molecule has 122 valence electrons. The van der Waals surface area contributed by atoms with Gasteiger partial charge in [-0.25, -0.2) is 4.68 Å². The average Bonchev–Trinajstić information content (AvgIpc) is 3.16. The van der Waals surface area contributed by atoms with Crippen LogP contribution in [0.25, 0.3) is 16.5 Å². The van der Waals surface area contributed by atoms with Gasteiger partial charge in [-0.05, 0) is 35.0 Å². The molecule has 1 N–H and O–H groups in total. The summed E-state index contributed by atoms with van der Waals surface area (Å²) in [6, 6.07) is 20.7. The zero-order chi connectivity index (χ0) is 17.2. The van der Waals surface area contributed by atoms with Crippen LogP contribution in [0.1, 0.15) is 10.4 Å². The maximum atomic E-state index is 12.9. The normalized spacial score (nSPS) is 10.8. The van der Waals surface area contributed by atoms with Crippen LogP contribution >= 0.6 is 11.6 Å². The zero-order valence-corrected chi connectivity index (χ0v) is 13.9. The fraction of sp³-hybridized carbons (Fsp3) is 0. The van der Waals surface area contributed by atoms with Crippen LogP contribution in [0, 0.1) is 0 Å². The number of nitrogens with one attached hydrogen (secondary N) is 1. The van der Waals surface area contributed by atoms with Crippen LogP contribution in [0.4, 0.5) is 5.69 Å². The van der Waals surface area contributed by atoms with Crippen molar-refractivity contribution in [2.75, 3.05) is 5.32 Å². The minimum atomic E-state index is -0.249. The molecule has 0 aliphatic carbocycles. The van der Waals surface area contributed by atoms with Crippen molar-refractivity contribution in [2.45, 2.75) is 0 Å². The van der Waals surface area contributed by atoms with E-state index >= 15 is 0 Å². The van der Waals surface area contributed by atoms with Gasteiger partial charge in [0.25, 0.3) is 5.91 Å². The van der Waals surface area contributed by atoms with Gasteiger partial charge < -0.3 is 5.32 Å². The summed E-state index contributed by atoms with van der Waals surface area (Å²) < 4.78 is 1.71. The van der Waals surface area contributed by atoms with Crippen LogP contribution in [-0.2, 0) is 0 Å². The van der Waals surface area contributed by atoms with E-state index in [4.69, 9.17) is 11.6 Å². The summed E-state index contributed by atoms with van der Waals surface area (Å²) in [7, 11) is 0. The first-order valence-electron chi connectivity index (χ1n) is 7.82. The van der Waals surface area contributed by atoms with E-state index in [1.165, 1.54) is 0 Å². The summed E-state index contributed by atoms with van der Waals surface area (Å²) in [6.45, 7) is 0. The number of para-hydroxylation sites is 2. The van der Waals surface area contributed by atoms with Crippen molar-refractivity contribution in [1.82, 2.24) is 9.78 Å². The van der Waals surface area contributed by atoms with Gasteiger partial charge in [0.05, 0.1) is 22.0 Å². The number of nitrogens with zero attached hydrogens (tertiary/aromatic N) is 2. The molecule has 4 rings (SSSR count). The summed E-state index contributed by atoms with van der Waals surface area (Å²) in [6.07, 6.45) is 3.52.